The zero-order chi connectivity index (χ0) is 15.5. The van der Waals surface area contributed by atoms with E-state index in [2.05, 4.69) is 24.4 Å². The number of pyridine rings is 1. The van der Waals surface area contributed by atoms with Gasteiger partial charge in [-0.1, -0.05) is 6.07 Å². The number of fused-ring (bicyclic) bond motifs is 1. The Bertz CT molecular complexity index is 847. The fraction of sp³-hybridized carbons (Fsp3) is 0.0714. The van der Waals surface area contributed by atoms with Crippen LogP contribution < -0.4 is 10.6 Å². The van der Waals surface area contributed by atoms with Crippen molar-refractivity contribution in [1.82, 2.24) is 19.0 Å². The Morgan fingerprint density at radius 3 is 2.91 bits per heavy atom. The Balaban J connectivity index is 1.78. The smallest absolute Gasteiger partial charge is 0.258 e. The number of aryl methyl sites for hydroxylation is 1. The van der Waals surface area contributed by atoms with Crippen LogP contribution in [0.1, 0.15) is 15.9 Å². The molecule has 3 rings (SSSR count). The van der Waals surface area contributed by atoms with Crippen molar-refractivity contribution >= 4 is 51.7 Å². The van der Waals surface area contributed by atoms with Crippen molar-refractivity contribution in [2.45, 2.75) is 6.92 Å². The molecule has 0 bridgehead atoms. The molecule has 1 aromatic carbocycles. The molecular weight excluding hydrogens is 318 g/mol. The van der Waals surface area contributed by atoms with Gasteiger partial charge in [0.1, 0.15) is 11.0 Å². The first kappa shape index (κ1) is 14.5. The monoisotopic (exact) mass is 329 g/mol. The van der Waals surface area contributed by atoms with E-state index in [9.17, 15) is 4.79 Å². The van der Waals surface area contributed by atoms with Gasteiger partial charge in [-0.25, -0.2) is 0 Å². The molecule has 2 N–H and O–H groups in total. The minimum absolute atomic E-state index is 0.206. The number of carbonyl (C=O) groups is 1. The number of rotatable bonds is 2. The average molecular weight is 329 g/mol. The van der Waals surface area contributed by atoms with E-state index in [0.717, 1.165) is 34.0 Å². The number of nitrogens with one attached hydrogen (secondary N) is 2. The number of amides is 1. The van der Waals surface area contributed by atoms with Crippen LogP contribution in [0.5, 0.6) is 0 Å². The summed E-state index contributed by atoms with van der Waals surface area (Å²) in [6, 6.07) is 7.19. The minimum Gasteiger partial charge on any atom is -0.330 e. The van der Waals surface area contributed by atoms with Crippen LogP contribution in [0, 0.1) is 6.92 Å². The minimum atomic E-state index is -0.313. The van der Waals surface area contributed by atoms with Crippen molar-refractivity contribution in [2.75, 3.05) is 5.32 Å². The SMILES string of the molecule is Cc1ccc2nsnc2c1NC(=S)NC(=O)c1cccnc1. The van der Waals surface area contributed by atoms with Gasteiger partial charge in [0.15, 0.2) is 5.11 Å². The molecule has 1 amide bonds. The Hall–Kier alpha value is -2.45. The maximum atomic E-state index is 12.0. The van der Waals surface area contributed by atoms with E-state index in [1.807, 2.05) is 19.1 Å². The third-order valence-corrected chi connectivity index (χ3v) is 3.77. The van der Waals surface area contributed by atoms with Crippen LogP contribution in [-0.4, -0.2) is 24.8 Å². The molecular formula is C14H11N5OS2. The highest BCUT2D eigenvalue weighted by molar-refractivity contribution is 7.80. The summed E-state index contributed by atoms with van der Waals surface area (Å²) >= 11 is 6.34. The summed E-state index contributed by atoms with van der Waals surface area (Å²) < 4.78 is 8.44. The number of carbonyl (C=O) groups excluding carboxylic acids is 1. The molecule has 8 heteroatoms. The molecule has 0 spiro atoms. The summed E-state index contributed by atoms with van der Waals surface area (Å²) in [6.07, 6.45) is 3.08. The van der Waals surface area contributed by atoms with Crippen LogP contribution in [0.15, 0.2) is 36.7 Å². The first-order chi connectivity index (χ1) is 10.6. The van der Waals surface area contributed by atoms with Gasteiger partial charge in [-0.3, -0.25) is 15.1 Å². The summed E-state index contributed by atoms with van der Waals surface area (Å²) in [7, 11) is 0. The number of thiocarbonyl (C=S) groups is 1. The Kier molecular flexibility index (Phi) is 4.03. The number of hydrogen-bond donors (Lipinski definition) is 2. The van der Waals surface area contributed by atoms with Crippen LogP contribution in [0.3, 0.4) is 0 Å². The van der Waals surface area contributed by atoms with E-state index in [0.29, 0.717) is 5.56 Å². The first-order valence-corrected chi connectivity index (χ1v) is 7.53. The fourth-order valence-electron chi connectivity index (χ4n) is 1.93. The molecule has 0 aliphatic rings. The molecule has 110 valence electrons. The number of benzene rings is 1. The van der Waals surface area contributed by atoms with Gasteiger partial charge in [-0.2, -0.15) is 8.75 Å². The zero-order valence-electron chi connectivity index (χ0n) is 11.5. The van der Waals surface area contributed by atoms with Crippen molar-refractivity contribution in [3.05, 3.63) is 47.8 Å². The normalized spacial score (nSPS) is 10.4. The molecule has 0 fully saturated rings. The highest BCUT2D eigenvalue weighted by atomic mass is 32.1. The third-order valence-electron chi connectivity index (χ3n) is 3.03. The standard InChI is InChI=1S/C14H11N5OS2/c1-8-4-5-10-12(19-22-18-10)11(8)16-14(21)17-13(20)9-3-2-6-15-7-9/h2-7H,1H3,(H2,16,17,20,21). The molecule has 0 aliphatic carbocycles. The molecule has 2 heterocycles. The van der Waals surface area contributed by atoms with Gasteiger partial charge in [0.2, 0.25) is 0 Å². The second-order valence-corrected chi connectivity index (χ2v) is 5.48. The zero-order valence-corrected chi connectivity index (χ0v) is 13.2. The fourth-order valence-corrected chi connectivity index (χ4v) is 2.66. The number of aromatic nitrogens is 3. The molecule has 0 saturated heterocycles. The topological polar surface area (TPSA) is 79.8 Å². The molecule has 0 saturated carbocycles. The Labute approximate surface area is 135 Å². The van der Waals surface area contributed by atoms with Gasteiger partial charge < -0.3 is 5.32 Å². The van der Waals surface area contributed by atoms with Crippen molar-refractivity contribution in [3.8, 4) is 0 Å². The number of nitrogens with zero attached hydrogens (tertiary/aromatic N) is 3. The molecule has 0 unspecified atom stereocenters. The second-order valence-electron chi connectivity index (χ2n) is 4.54. The van der Waals surface area contributed by atoms with Crippen molar-refractivity contribution in [3.63, 3.8) is 0 Å². The first-order valence-electron chi connectivity index (χ1n) is 6.39. The second kappa shape index (κ2) is 6.12. The Morgan fingerprint density at radius 1 is 1.27 bits per heavy atom. The predicted molar refractivity (Wildman–Crippen MR) is 90.1 cm³/mol. The summed E-state index contributed by atoms with van der Waals surface area (Å²) in [5.41, 5.74) is 3.69. The van der Waals surface area contributed by atoms with E-state index < -0.39 is 0 Å². The maximum Gasteiger partial charge on any atom is 0.258 e. The van der Waals surface area contributed by atoms with E-state index in [4.69, 9.17) is 12.2 Å². The third kappa shape index (κ3) is 2.92. The van der Waals surface area contributed by atoms with E-state index in [1.165, 1.54) is 6.20 Å². The van der Waals surface area contributed by atoms with Gasteiger partial charge >= 0.3 is 0 Å². The van der Waals surface area contributed by atoms with Crippen molar-refractivity contribution < 1.29 is 4.79 Å². The lowest BCUT2D eigenvalue weighted by molar-refractivity contribution is 0.0977. The van der Waals surface area contributed by atoms with Gasteiger partial charge in [-0.15, -0.1) is 0 Å². The highest BCUT2D eigenvalue weighted by Crippen LogP contribution is 2.25. The molecule has 22 heavy (non-hydrogen) atoms. The highest BCUT2D eigenvalue weighted by Gasteiger charge is 2.12. The van der Waals surface area contributed by atoms with Gasteiger partial charge in [0, 0.05) is 12.4 Å². The number of anilines is 1. The summed E-state index contributed by atoms with van der Waals surface area (Å²) in [5, 5.41) is 5.85. The molecule has 6 nitrogen and oxygen atoms in total. The van der Waals surface area contributed by atoms with Gasteiger partial charge in [-0.05, 0) is 42.9 Å². The lowest BCUT2D eigenvalue weighted by Crippen LogP contribution is -2.34. The quantitative estimate of drug-likeness (QED) is 0.703. The van der Waals surface area contributed by atoms with Gasteiger partial charge in [0.25, 0.3) is 5.91 Å². The van der Waals surface area contributed by atoms with Gasteiger partial charge in [0.05, 0.1) is 23.0 Å². The lowest BCUT2D eigenvalue weighted by atomic mass is 10.1. The van der Waals surface area contributed by atoms with Crippen molar-refractivity contribution in [2.24, 2.45) is 0 Å². The summed E-state index contributed by atoms with van der Waals surface area (Å²) in [6.45, 7) is 1.94. The largest absolute Gasteiger partial charge is 0.330 e. The van der Waals surface area contributed by atoms with E-state index >= 15 is 0 Å². The summed E-state index contributed by atoms with van der Waals surface area (Å²) in [4.78, 5) is 15.9. The van der Waals surface area contributed by atoms with Crippen LogP contribution in [0.25, 0.3) is 11.0 Å². The number of hydrogen-bond acceptors (Lipinski definition) is 6. The molecule has 0 radical (unpaired) electrons. The van der Waals surface area contributed by atoms with Crippen LogP contribution in [-0.2, 0) is 0 Å². The summed E-state index contributed by atoms with van der Waals surface area (Å²) in [5.74, 6) is -0.313. The molecule has 2 aromatic heterocycles. The molecule has 3 aromatic rings. The van der Waals surface area contributed by atoms with E-state index in [-0.39, 0.29) is 11.0 Å². The van der Waals surface area contributed by atoms with Crippen LogP contribution >= 0.6 is 23.9 Å². The van der Waals surface area contributed by atoms with Crippen LogP contribution in [0.2, 0.25) is 0 Å². The Morgan fingerprint density at radius 2 is 2.14 bits per heavy atom. The predicted octanol–water partition coefficient (Wildman–Crippen LogP) is 2.52. The average Bonchev–Trinajstić information content (AvgIpc) is 3.00. The van der Waals surface area contributed by atoms with Crippen LogP contribution in [0.4, 0.5) is 5.69 Å². The molecule has 0 atom stereocenters. The lowest BCUT2D eigenvalue weighted by Gasteiger charge is -2.11. The maximum absolute atomic E-state index is 12.0. The van der Waals surface area contributed by atoms with Crippen molar-refractivity contribution in [1.29, 1.82) is 0 Å². The molecule has 0 aliphatic heterocycles. The van der Waals surface area contributed by atoms with E-state index in [1.54, 1.807) is 18.3 Å².